The van der Waals surface area contributed by atoms with E-state index < -0.39 is 17.9 Å². The Kier molecular flexibility index (Phi) is 2.63. The molecule has 0 radical (unpaired) electrons. The zero-order valence-corrected chi connectivity index (χ0v) is 8.05. The van der Waals surface area contributed by atoms with Crippen LogP contribution in [0.4, 0.5) is 0 Å². The van der Waals surface area contributed by atoms with Gasteiger partial charge >= 0.3 is 11.9 Å². The summed E-state index contributed by atoms with van der Waals surface area (Å²) in [6.07, 6.45) is 3.69. The van der Waals surface area contributed by atoms with E-state index in [1.54, 1.807) is 6.08 Å². The molecule has 1 aliphatic heterocycles. The molecular formula is C12H10O3. The van der Waals surface area contributed by atoms with E-state index >= 15 is 0 Å². The first-order chi connectivity index (χ1) is 7.25. The van der Waals surface area contributed by atoms with E-state index in [2.05, 4.69) is 4.74 Å². The zero-order chi connectivity index (χ0) is 10.7. The summed E-state index contributed by atoms with van der Waals surface area (Å²) in [5.74, 6) is -1.31. The van der Waals surface area contributed by atoms with Crippen molar-refractivity contribution in [3.05, 3.63) is 42.0 Å². The smallest absolute Gasteiger partial charge is 0.321 e. The number of cyclic esters (lactones) is 2. The molecule has 1 unspecified atom stereocenters. The molecule has 3 heteroatoms. The van der Waals surface area contributed by atoms with Crippen LogP contribution in [0.25, 0.3) is 6.08 Å². The van der Waals surface area contributed by atoms with E-state index in [0.717, 1.165) is 5.56 Å². The highest BCUT2D eigenvalue weighted by atomic mass is 16.6. The fraction of sp³-hybridized carbons (Fsp3) is 0.167. The molecule has 0 aromatic heterocycles. The van der Waals surface area contributed by atoms with E-state index in [9.17, 15) is 9.59 Å². The minimum atomic E-state index is -0.452. The summed E-state index contributed by atoms with van der Waals surface area (Å²) >= 11 is 0. The van der Waals surface area contributed by atoms with Crippen LogP contribution in [0, 0.1) is 5.92 Å². The van der Waals surface area contributed by atoms with Crippen molar-refractivity contribution in [3.8, 4) is 0 Å². The highest BCUT2D eigenvalue weighted by Gasteiger charge is 2.30. The maximum Gasteiger partial charge on any atom is 0.321 e. The molecule has 0 amide bonds. The second kappa shape index (κ2) is 4.09. The van der Waals surface area contributed by atoms with Gasteiger partial charge in [0.05, 0.1) is 12.3 Å². The van der Waals surface area contributed by atoms with Crippen LogP contribution in [0.2, 0.25) is 0 Å². The predicted molar refractivity (Wildman–Crippen MR) is 54.7 cm³/mol. The molecule has 2 rings (SSSR count). The lowest BCUT2D eigenvalue weighted by Crippen LogP contribution is -2.03. The lowest BCUT2D eigenvalue weighted by molar-refractivity contribution is -0.152. The Morgan fingerprint density at radius 3 is 2.53 bits per heavy atom. The molecule has 1 atom stereocenters. The molecular weight excluding hydrogens is 192 g/mol. The van der Waals surface area contributed by atoms with E-state index in [1.165, 1.54) is 0 Å². The molecule has 76 valence electrons. The fourth-order valence-corrected chi connectivity index (χ4v) is 1.43. The van der Waals surface area contributed by atoms with Crippen LogP contribution in [-0.2, 0) is 14.3 Å². The Labute approximate surface area is 87.4 Å². The summed E-state index contributed by atoms with van der Waals surface area (Å²) in [7, 11) is 0. The first kappa shape index (κ1) is 9.65. The summed E-state index contributed by atoms with van der Waals surface area (Å²) in [6.45, 7) is 0. The number of hydrogen-bond acceptors (Lipinski definition) is 3. The molecule has 0 bridgehead atoms. The van der Waals surface area contributed by atoms with Crippen molar-refractivity contribution in [2.45, 2.75) is 6.42 Å². The minimum Gasteiger partial charge on any atom is -0.393 e. The third kappa shape index (κ3) is 2.31. The molecule has 1 saturated heterocycles. The first-order valence-corrected chi connectivity index (χ1v) is 4.73. The summed E-state index contributed by atoms with van der Waals surface area (Å²) in [6, 6.07) is 9.61. The van der Waals surface area contributed by atoms with Gasteiger partial charge in [-0.05, 0) is 5.56 Å². The standard InChI is InChI=1S/C12H10O3/c13-11-8-10(12(14)15-11)7-6-9-4-2-1-3-5-9/h1-7,10H,8H2. The molecule has 1 fully saturated rings. The second-order valence-electron chi connectivity index (χ2n) is 3.37. The number of esters is 2. The summed E-state index contributed by atoms with van der Waals surface area (Å²) < 4.78 is 4.43. The largest absolute Gasteiger partial charge is 0.393 e. The molecule has 0 spiro atoms. The van der Waals surface area contributed by atoms with E-state index in [4.69, 9.17) is 0 Å². The molecule has 15 heavy (non-hydrogen) atoms. The Morgan fingerprint density at radius 1 is 1.20 bits per heavy atom. The van der Waals surface area contributed by atoms with Crippen LogP contribution in [0.15, 0.2) is 36.4 Å². The van der Waals surface area contributed by atoms with Crippen LogP contribution >= 0.6 is 0 Å². The van der Waals surface area contributed by atoms with Gasteiger partial charge in [0.2, 0.25) is 0 Å². The number of ether oxygens (including phenoxy) is 1. The summed E-state index contributed by atoms with van der Waals surface area (Å²) in [5.41, 5.74) is 1.00. The summed E-state index contributed by atoms with van der Waals surface area (Å²) in [5, 5.41) is 0. The van der Waals surface area contributed by atoms with Crippen molar-refractivity contribution in [2.24, 2.45) is 5.92 Å². The fourth-order valence-electron chi connectivity index (χ4n) is 1.43. The number of hydrogen-bond donors (Lipinski definition) is 0. The number of carbonyl (C=O) groups is 2. The van der Waals surface area contributed by atoms with Crippen LogP contribution in [0.5, 0.6) is 0 Å². The lowest BCUT2D eigenvalue weighted by Gasteiger charge is -1.95. The molecule has 3 nitrogen and oxygen atoms in total. The van der Waals surface area contributed by atoms with Crippen LogP contribution < -0.4 is 0 Å². The third-order valence-corrected chi connectivity index (χ3v) is 2.22. The average molecular weight is 202 g/mol. The van der Waals surface area contributed by atoms with E-state index in [1.807, 2.05) is 36.4 Å². The molecule has 1 aromatic rings. The molecule has 0 aliphatic carbocycles. The average Bonchev–Trinajstić information content (AvgIpc) is 2.56. The maximum atomic E-state index is 11.1. The van der Waals surface area contributed by atoms with E-state index in [-0.39, 0.29) is 6.42 Å². The van der Waals surface area contributed by atoms with Crippen LogP contribution in [0.3, 0.4) is 0 Å². The van der Waals surface area contributed by atoms with Gasteiger partial charge in [0.15, 0.2) is 0 Å². The zero-order valence-electron chi connectivity index (χ0n) is 8.05. The van der Waals surface area contributed by atoms with Gasteiger partial charge in [-0.15, -0.1) is 0 Å². The van der Waals surface area contributed by atoms with Crippen LogP contribution in [0.1, 0.15) is 12.0 Å². The normalized spacial score (nSPS) is 20.9. The quantitative estimate of drug-likeness (QED) is 0.542. The Morgan fingerprint density at radius 2 is 1.93 bits per heavy atom. The van der Waals surface area contributed by atoms with Crippen molar-refractivity contribution in [3.63, 3.8) is 0 Å². The molecule has 1 aliphatic rings. The monoisotopic (exact) mass is 202 g/mol. The molecule has 1 aromatic carbocycles. The van der Waals surface area contributed by atoms with E-state index in [0.29, 0.717) is 0 Å². The van der Waals surface area contributed by atoms with Crippen molar-refractivity contribution in [1.82, 2.24) is 0 Å². The Bertz CT molecular complexity index is 406. The van der Waals surface area contributed by atoms with Gasteiger partial charge in [0.25, 0.3) is 0 Å². The molecule has 0 saturated carbocycles. The van der Waals surface area contributed by atoms with Gasteiger partial charge in [0.1, 0.15) is 0 Å². The highest BCUT2D eigenvalue weighted by molar-refractivity contribution is 5.96. The van der Waals surface area contributed by atoms with Gasteiger partial charge in [-0.1, -0.05) is 42.5 Å². The van der Waals surface area contributed by atoms with Gasteiger partial charge in [0, 0.05) is 0 Å². The van der Waals surface area contributed by atoms with Crippen molar-refractivity contribution < 1.29 is 14.3 Å². The SMILES string of the molecule is O=C1CC(C=Cc2ccccc2)C(=O)O1. The maximum absolute atomic E-state index is 11.1. The lowest BCUT2D eigenvalue weighted by atomic mass is 10.1. The van der Waals surface area contributed by atoms with Crippen LogP contribution in [-0.4, -0.2) is 11.9 Å². The van der Waals surface area contributed by atoms with Gasteiger partial charge < -0.3 is 4.74 Å². The van der Waals surface area contributed by atoms with Gasteiger partial charge in [-0.25, -0.2) is 0 Å². The first-order valence-electron chi connectivity index (χ1n) is 4.73. The number of rotatable bonds is 2. The molecule has 1 heterocycles. The summed E-state index contributed by atoms with van der Waals surface area (Å²) in [4.78, 5) is 21.9. The Hall–Kier alpha value is -1.90. The Balaban J connectivity index is 2.06. The molecule has 0 N–H and O–H groups in total. The van der Waals surface area contributed by atoms with Gasteiger partial charge in [-0.3, -0.25) is 9.59 Å². The van der Waals surface area contributed by atoms with Crippen molar-refractivity contribution in [1.29, 1.82) is 0 Å². The third-order valence-electron chi connectivity index (χ3n) is 2.22. The van der Waals surface area contributed by atoms with Gasteiger partial charge in [-0.2, -0.15) is 0 Å². The van der Waals surface area contributed by atoms with Crippen molar-refractivity contribution in [2.75, 3.05) is 0 Å². The number of benzene rings is 1. The minimum absolute atomic E-state index is 0.155. The predicted octanol–water partition coefficient (Wildman–Crippen LogP) is 1.79. The topological polar surface area (TPSA) is 43.4 Å². The number of carbonyl (C=O) groups excluding carboxylic acids is 2. The van der Waals surface area contributed by atoms with Crippen molar-refractivity contribution >= 4 is 18.0 Å². The highest BCUT2D eigenvalue weighted by Crippen LogP contribution is 2.18. The second-order valence-corrected chi connectivity index (χ2v) is 3.37.